The fraction of sp³-hybridized carbons (Fsp3) is 0.294. The number of ether oxygens (including phenoxy) is 1. The summed E-state index contributed by atoms with van der Waals surface area (Å²) in [6.07, 6.45) is 0.366. The Labute approximate surface area is 144 Å². The van der Waals surface area contributed by atoms with Gasteiger partial charge in [0.1, 0.15) is 11.1 Å². The van der Waals surface area contributed by atoms with Gasteiger partial charge in [0.2, 0.25) is 0 Å². The minimum atomic E-state index is -3.95. The summed E-state index contributed by atoms with van der Waals surface area (Å²) < 4.78 is 60.0. The van der Waals surface area contributed by atoms with Crippen molar-refractivity contribution in [1.29, 1.82) is 0 Å². The predicted molar refractivity (Wildman–Crippen MR) is 87.0 cm³/mol. The Bertz CT molecular complexity index is 866. The highest BCUT2D eigenvalue weighted by Crippen LogP contribution is 2.45. The van der Waals surface area contributed by atoms with Crippen molar-refractivity contribution in [2.75, 3.05) is 6.61 Å². The van der Waals surface area contributed by atoms with Gasteiger partial charge in [0, 0.05) is 5.02 Å². The highest BCUT2D eigenvalue weighted by Gasteiger charge is 2.40. The van der Waals surface area contributed by atoms with E-state index < -0.39 is 32.6 Å². The molecule has 0 saturated heterocycles. The Morgan fingerprint density at radius 3 is 2.38 bits per heavy atom. The van der Waals surface area contributed by atoms with Gasteiger partial charge >= 0.3 is 0 Å². The molecular weight excluding hydrogens is 358 g/mol. The van der Waals surface area contributed by atoms with Crippen molar-refractivity contribution in [2.45, 2.75) is 23.5 Å². The van der Waals surface area contributed by atoms with Crippen molar-refractivity contribution in [3.8, 4) is 5.75 Å². The van der Waals surface area contributed by atoms with Gasteiger partial charge in [-0.3, -0.25) is 0 Å². The average Bonchev–Trinajstić information content (AvgIpc) is 2.71. The standard InChI is InChI=1S/C17H15ClF2O3S/c1-10-8-9-23-16-14(20)7-6-13(19)15(16)17(10)24(21,22)12-4-2-11(18)3-5-12/h2-7,10,17H,8-9H2,1H3/t10-,17+/m0/s1. The van der Waals surface area contributed by atoms with Gasteiger partial charge < -0.3 is 4.74 Å². The summed E-state index contributed by atoms with van der Waals surface area (Å²) in [5.74, 6) is -2.32. The Balaban J connectivity index is 2.23. The second kappa shape index (κ2) is 6.33. The first kappa shape index (κ1) is 17.2. The third kappa shape index (κ3) is 2.89. The van der Waals surface area contributed by atoms with E-state index in [9.17, 15) is 17.2 Å². The second-order valence-corrected chi connectivity index (χ2v) is 8.31. The molecule has 0 radical (unpaired) electrons. The van der Waals surface area contributed by atoms with E-state index in [0.717, 1.165) is 12.1 Å². The van der Waals surface area contributed by atoms with Crippen molar-refractivity contribution < 1.29 is 21.9 Å². The maximum absolute atomic E-state index is 14.4. The van der Waals surface area contributed by atoms with E-state index in [1.165, 1.54) is 24.3 Å². The Morgan fingerprint density at radius 1 is 1.08 bits per heavy atom. The summed E-state index contributed by atoms with van der Waals surface area (Å²) in [6.45, 7) is 1.82. The van der Waals surface area contributed by atoms with Gasteiger partial charge in [-0.1, -0.05) is 18.5 Å². The molecule has 3 nitrogen and oxygen atoms in total. The molecule has 2 aromatic carbocycles. The number of fused-ring (bicyclic) bond motifs is 1. The molecule has 0 unspecified atom stereocenters. The lowest BCUT2D eigenvalue weighted by atomic mass is 9.97. The molecule has 0 amide bonds. The highest BCUT2D eigenvalue weighted by atomic mass is 35.5. The molecule has 0 fully saturated rings. The van der Waals surface area contributed by atoms with Crippen molar-refractivity contribution in [2.24, 2.45) is 5.92 Å². The van der Waals surface area contributed by atoms with Crippen molar-refractivity contribution in [3.63, 3.8) is 0 Å². The van der Waals surface area contributed by atoms with E-state index in [0.29, 0.717) is 11.4 Å². The fourth-order valence-electron chi connectivity index (χ4n) is 2.98. The van der Waals surface area contributed by atoms with Crippen LogP contribution in [0.5, 0.6) is 5.75 Å². The number of halogens is 3. The van der Waals surface area contributed by atoms with Crippen LogP contribution in [0.3, 0.4) is 0 Å². The normalized spacial score (nSPS) is 20.8. The first-order chi connectivity index (χ1) is 11.3. The SMILES string of the molecule is C[C@H]1CCOc2c(F)ccc(F)c2[C@@H]1S(=O)(=O)c1ccc(Cl)cc1. The summed E-state index contributed by atoms with van der Waals surface area (Å²) >= 11 is 5.80. The van der Waals surface area contributed by atoms with Gasteiger partial charge in [0.15, 0.2) is 21.4 Å². The molecular formula is C17H15ClF2O3S. The zero-order valence-corrected chi connectivity index (χ0v) is 14.4. The van der Waals surface area contributed by atoms with E-state index in [1.807, 2.05) is 0 Å². The molecule has 0 aromatic heterocycles. The third-order valence-electron chi connectivity index (χ3n) is 4.19. The summed E-state index contributed by atoms with van der Waals surface area (Å²) in [7, 11) is -3.95. The van der Waals surface area contributed by atoms with Gasteiger partial charge in [-0.2, -0.15) is 0 Å². The molecule has 0 N–H and O–H groups in total. The quantitative estimate of drug-likeness (QED) is 0.776. The molecule has 2 aromatic rings. The van der Waals surface area contributed by atoms with Crippen molar-refractivity contribution in [1.82, 2.24) is 0 Å². The largest absolute Gasteiger partial charge is 0.490 e. The van der Waals surface area contributed by atoms with Crippen LogP contribution in [0.1, 0.15) is 24.2 Å². The zero-order valence-electron chi connectivity index (χ0n) is 12.8. The molecule has 1 heterocycles. The van der Waals surface area contributed by atoms with Crippen LogP contribution >= 0.6 is 11.6 Å². The molecule has 128 valence electrons. The lowest BCUT2D eigenvalue weighted by Gasteiger charge is -2.23. The number of hydrogen-bond donors (Lipinski definition) is 0. The number of sulfone groups is 1. The van der Waals surface area contributed by atoms with Gasteiger partial charge in [-0.15, -0.1) is 0 Å². The Kier molecular flexibility index (Phi) is 4.53. The van der Waals surface area contributed by atoms with E-state index in [1.54, 1.807) is 6.92 Å². The van der Waals surface area contributed by atoms with Gasteiger partial charge in [0.05, 0.1) is 17.1 Å². The van der Waals surface area contributed by atoms with Crippen LogP contribution in [0.25, 0.3) is 0 Å². The number of benzene rings is 2. The molecule has 7 heteroatoms. The number of rotatable bonds is 2. The topological polar surface area (TPSA) is 43.4 Å². The second-order valence-electron chi connectivity index (χ2n) is 5.81. The van der Waals surface area contributed by atoms with E-state index >= 15 is 0 Å². The van der Waals surface area contributed by atoms with Crippen molar-refractivity contribution in [3.05, 3.63) is 58.6 Å². The molecule has 0 saturated carbocycles. The molecule has 1 aliphatic heterocycles. The third-order valence-corrected chi connectivity index (χ3v) is 6.74. The number of hydrogen-bond acceptors (Lipinski definition) is 3. The van der Waals surface area contributed by atoms with Crippen LogP contribution in [0, 0.1) is 17.6 Å². The smallest absolute Gasteiger partial charge is 0.185 e. The Morgan fingerprint density at radius 2 is 1.71 bits per heavy atom. The molecule has 0 bridgehead atoms. The maximum Gasteiger partial charge on any atom is 0.185 e. The minimum Gasteiger partial charge on any atom is -0.490 e. The molecule has 0 spiro atoms. The highest BCUT2D eigenvalue weighted by molar-refractivity contribution is 7.91. The van der Waals surface area contributed by atoms with Gasteiger partial charge in [-0.05, 0) is 48.7 Å². The maximum atomic E-state index is 14.4. The first-order valence-electron chi connectivity index (χ1n) is 7.42. The minimum absolute atomic E-state index is 0.0141. The summed E-state index contributed by atoms with van der Waals surface area (Å²) in [4.78, 5) is 0.0141. The van der Waals surface area contributed by atoms with Crippen LogP contribution in [-0.4, -0.2) is 15.0 Å². The summed E-state index contributed by atoms with van der Waals surface area (Å²) in [5.41, 5.74) is -0.241. The van der Waals surface area contributed by atoms with E-state index in [2.05, 4.69) is 0 Å². The molecule has 2 atom stereocenters. The summed E-state index contributed by atoms with van der Waals surface area (Å²) in [6, 6.07) is 7.51. The van der Waals surface area contributed by atoms with Crippen LogP contribution in [0.4, 0.5) is 8.78 Å². The molecule has 1 aliphatic rings. The van der Waals surface area contributed by atoms with Crippen molar-refractivity contribution >= 4 is 21.4 Å². The lowest BCUT2D eigenvalue weighted by Crippen LogP contribution is -2.21. The molecule has 24 heavy (non-hydrogen) atoms. The average molecular weight is 373 g/mol. The molecule has 3 rings (SSSR count). The van der Waals surface area contributed by atoms with E-state index in [-0.39, 0.29) is 22.8 Å². The van der Waals surface area contributed by atoms with Crippen LogP contribution in [-0.2, 0) is 9.84 Å². The Hall–Kier alpha value is -1.66. The van der Waals surface area contributed by atoms with Crippen LogP contribution in [0.15, 0.2) is 41.3 Å². The van der Waals surface area contributed by atoms with Gasteiger partial charge in [-0.25, -0.2) is 17.2 Å². The predicted octanol–water partition coefficient (Wildman–Crippen LogP) is 4.55. The summed E-state index contributed by atoms with van der Waals surface area (Å²) in [5, 5.41) is -0.837. The van der Waals surface area contributed by atoms with Gasteiger partial charge in [0.25, 0.3) is 0 Å². The van der Waals surface area contributed by atoms with Crippen LogP contribution in [0.2, 0.25) is 5.02 Å². The first-order valence-corrected chi connectivity index (χ1v) is 9.35. The van der Waals surface area contributed by atoms with Crippen LogP contribution < -0.4 is 4.74 Å². The zero-order chi connectivity index (χ0) is 17.5. The molecule has 0 aliphatic carbocycles. The fourth-order valence-corrected chi connectivity index (χ4v) is 5.19. The van der Waals surface area contributed by atoms with E-state index in [4.69, 9.17) is 16.3 Å². The lowest BCUT2D eigenvalue weighted by molar-refractivity contribution is 0.286. The monoisotopic (exact) mass is 372 g/mol.